The van der Waals surface area contributed by atoms with Gasteiger partial charge in [0.05, 0.1) is 10.3 Å². The second kappa shape index (κ2) is 6.06. The van der Waals surface area contributed by atoms with Gasteiger partial charge in [-0.3, -0.25) is 19.5 Å². The number of nitro groups is 1. The molecular formula is C18H14N3O4S-. The van der Waals surface area contributed by atoms with Gasteiger partial charge in [-0.25, -0.2) is 4.98 Å². The maximum atomic E-state index is 12.7. The molecule has 1 aliphatic heterocycles. The van der Waals surface area contributed by atoms with Crippen LogP contribution in [0.5, 0.6) is 5.75 Å². The molecule has 3 heterocycles. The summed E-state index contributed by atoms with van der Waals surface area (Å²) >= 11 is 1.51. The molecule has 0 N–H and O–H groups in total. The zero-order valence-electron chi connectivity index (χ0n) is 13.9. The van der Waals surface area contributed by atoms with Crippen molar-refractivity contribution < 1.29 is 10.0 Å². The quantitative estimate of drug-likeness (QED) is 0.522. The predicted octanol–water partition coefficient (Wildman–Crippen LogP) is 2.95. The molecule has 0 amide bonds. The van der Waals surface area contributed by atoms with Crippen LogP contribution < -0.4 is 10.7 Å². The lowest BCUT2D eigenvalue weighted by molar-refractivity contribution is -0.398. The first kappa shape index (κ1) is 16.5. The summed E-state index contributed by atoms with van der Waals surface area (Å²) < 4.78 is 1.65. The Hall–Kier alpha value is -3.00. The van der Waals surface area contributed by atoms with Gasteiger partial charge in [0.1, 0.15) is 10.7 Å². The van der Waals surface area contributed by atoms with Crippen molar-refractivity contribution in [2.45, 2.75) is 26.3 Å². The highest BCUT2D eigenvalue weighted by molar-refractivity contribution is 7.18. The van der Waals surface area contributed by atoms with Gasteiger partial charge in [-0.2, -0.15) is 0 Å². The summed E-state index contributed by atoms with van der Waals surface area (Å²) in [6.07, 6.45) is 3.23. The molecule has 1 aromatic carbocycles. The molecule has 1 aliphatic rings. The Morgan fingerprint density at radius 1 is 1.38 bits per heavy atom. The van der Waals surface area contributed by atoms with Crippen LogP contribution in [0.15, 0.2) is 29.1 Å². The Balaban J connectivity index is 1.84. The van der Waals surface area contributed by atoms with Gasteiger partial charge >= 0.3 is 0 Å². The summed E-state index contributed by atoms with van der Waals surface area (Å²) in [5, 5.41) is 23.2. The van der Waals surface area contributed by atoms with Crippen molar-refractivity contribution in [3.63, 3.8) is 0 Å². The number of thiophene rings is 1. The van der Waals surface area contributed by atoms with E-state index < -0.39 is 16.4 Å². The molecule has 2 aromatic heterocycles. The lowest BCUT2D eigenvalue weighted by Crippen LogP contribution is -2.19. The van der Waals surface area contributed by atoms with Crippen molar-refractivity contribution in [2.24, 2.45) is 0 Å². The summed E-state index contributed by atoms with van der Waals surface area (Å²) in [5.41, 5.74) is 0.882. The van der Waals surface area contributed by atoms with Gasteiger partial charge in [0.2, 0.25) is 0 Å². The monoisotopic (exact) mass is 368 g/mol. The smallest absolute Gasteiger partial charge is 0.262 e. The van der Waals surface area contributed by atoms with Crippen LogP contribution in [0.25, 0.3) is 21.9 Å². The van der Waals surface area contributed by atoms with E-state index in [0.717, 1.165) is 16.9 Å². The van der Waals surface area contributed by atoms with E-state index in [1.54, 1.807) is 16.7 Å². The largest absolute Gasteiger partial charge is 0.868 e. The molecule has 0 bridgehead atoms. The molecule has 0 unspecified atom stereocenters. The van der Waals surface area contributed by atoms with E-state index in [9.17, 15) is 20.0 Å². The van der Waals surface area contributed by atoms with Gasteiger partial charge in [0.25, 0.3) is 11.2 Å². The number of nitrogens with zero attached hydrogens (tertiary/aromatic N) is 3. The second-order valence-electron chi connectivity index (χ2n) is 6.08. The molecule has 0 spiro atoms. The molecule has 8 heteroatoms. The Morgan fingerprint density at radius 3 is 2.92 bits per heavy atom. The van der Waals surface area contributed by atoms with Crippen molar-refractivity contribution in [2.75, 3.05) is 0 Å². The summed E-state index contributed by atoms with van der Waals surface area (Å²) in [6.45, 7) is 2.57. The fourth-order valence-electron chi connectivity index (χ4n) is 3.14. The van der Waals surface area contributed by atoms with Crippen LogP contribution in [-0.4, -0.2) is 14.5 Å². The number of allylic oxidation sites excluding steroid dienone is 1. The summed E-state index contributed by atoms with van der Waals surface area (Å²) in [7, 11) is 0. The lowest BCUT2D eigenvalue weighted by atomic mass is 10.1. The highest BCUT2D eigenvalue weighted by Crippen LogP contribution is 2.31. The average molecular weight is 368 g/mol. The molecule has 0 radical (unpaired) electrons. The minimum absolute atomic E-state index is 0.0507. The minimum Gasteiger partial charge on any atom is -0.868 e. The number of hydrogen-bond donors (Lipinski definition) is 0. The molecular weight excluding hydrogens is 354 g/mol. The molecule has 0 aliphatic carbocycles. The highest BCUT2D eigenvalue weighted by Gasteiger charge is 2.22. The SMILES string of the molecule is CCc1cc2c(=O)n3c(nc2s1)/C(=C/c1ccc([O-])c([N+](=O)[O-])c1)CC3. The third kappa shape index (κ3) is 2.59. The molecule has 3 aromatic rings. The van der Waals surface area contributed by atoms with Crippen molar-refractivity contribution in [3.05, 3.63) is 61.0 Å². The molecule has 0 saturated carbocycles. The Morgan fingerprint density at radius 2 is 2.19 bits per heavy atom. The Kier molecular flexibility index (Phi) is 3.84. The van der Waals surface area contributed by atoms with Crippen molar-refractivity contribution in [1.82, 2.24) is 9.55 Å². The van der Waals surface area contributed by atoms with Crippen molar-refractivity contribution in [1.29, 1.82) is 0 Å². The van der Waals surface area contributed by atoms with E-state index in [1.807, 2.05) is 13.0 Å². The number of benzene rings is 1. The molecule has 7 nitrogen and oxygen atoms in total. The van der Waals surface area contributed by atoms with Crippen LogP contribution in [0.1, 0.15) is 29.6 Å². The third-order valence-corrected chi connectivity index (χ3v) is 5.64. The zero-order chi connectivity index (χ0) is 18.4. The average Bonchev–Trinajstić information content (AvgIpc) is 3.21. The van der Waals surface area contributed by atoms with Gasteiger partial charge in [0, 0.05) is 17.5 Å². The first-order chi connectivity index (χ1) is 12.5. The number of aryl methyl sites for hydroxylation is 1. The maximum Gasteiger partial charge on any atom is 0.262 e. The zero-order valence-corrected chi connectivity index (χ0v) is 14.7. The van der Waals surface area contributed by atoms with E-state index in [1.165, 1.54) is 23.5 Å². The fourth-order valence-corrected chi connectivity index (χ4v) is 4.10. The summed E-state index contributed by atoms with van der Waals surface area (Å²) in [6, 6.07) is 5.90. The van der Waals surface area contributed by atoms with E-state index in [-0.39, 0.29) is 5.56 Å². The van der Waals surface area contributed by atoms with E-state index in [0.29, 0.717) is 34.6 Å². The van der Waals surface area contributed by atoms with Crippen molar-refractivity contribution >= 4 is 38.9 Å². The van der Waals surface area contributed by atoms with Gasteiger partial charge in [0.15, 0.2) is 0 Å². The Labute approximate surface area is 152 Å². The minimum atomic E-state index is -0.683. The van der Waals surface area contributed by atoms with Crippen LogP contribution in [0.2, 0.25) is 0 Å². The molecule has 4 rings (SSSR count). The Bertz CT molecular complexity index is 1140. The van der Waals surface area contributed by atoms with Crippen LogP contribution in [0.4, 0.5) is 5.69 Å². The van der Waals surface area contributed by atoms with Crippen LogP contribution in [-0.2, 0) is 13.0 Å². The number of nitro benzene ring substituents is 1. The van der Waals surface area contributed by atoms with Gasteiger partial charge in [-0.1, -0.05) is 19.1 Å². The predicted molar refractivity (Wildman–Crippen MR) is 98.3 cm³/mol. The van der Waals surface area contributed by atoms with Crippen molar-refractivity contribution in [3.8, 4) is 5.75 Å². The fraction of sp³-hybridized carbons (Fsp3) is 0.222. The summed E-state index contributed by atoms with van der Waals surface area (Å²) in [4.78, 5) is 29.5. The normalized spacial score (nSPS) is 14.9. The van der Waals surface area contributed by atoms with Gasteiger partial charge < -0.3 is 5.11 Å². The van der Waals surface area contributed by atoms with Crippen LogP contribution in [0, 0.1) is 10.1 Å². The maximum absolute atomic E-state index is 12.7. The number of fused-ring (bicyclic) bond motifs is 2. The summed E-state index contributed by atoms with van der Waals surface area (Å²) in [5.74, 6) is -0.0217. The number of hydrogen-bond acceptors (Lipinski definition) is 6. The standard InChI is InChI=1S/C18H15N3O4S/c1-2-12-9-13-17(26-12)19-16-11(5-6-20(16)18(13)23)7-10-3-4-15(22)14(8-10)21(24)25/h3-4,7-9,22H,2,5-6H2,1H3/p-1/b11-7+. The van der Waals surface area contributed by atoms with E-state index >= 15 is 0 Å². The van der Waals surface area contributed by atoms with E-state index in [2.05, 4.69) is 4.98 Å². The molecule has 26 heavy (non-hydrogen) atoms. The number of rotatable bonds is 3. The highest BCUT2D eigenvalue weighted by atomic mass is 32.1. The van der Waals surface area contributed by atoms with Gasteiger partial charge in [-0.05, 0) is 41.9 Å². The lowest BCUT2D eigenvalue weighted by Gasteiger charge is -2.07. The second-order valence-corrected chi connectivity index (χ2v) is 7.20. The first-order valence-electron chi connectivity index (χ1n) is 8.17. The third-order valence-electron chi connectivity index (χ3n) is 4.46. The van der Waals surface area contributed by atoms with Crippen LogP contribution >= 0.6 is 11.3 Å². The first-order valence-corrected chi connectivity index (χ1v) is 8.99. The molecule has 0 saturated heterocycles. The van der Waals surface area contributed by atoms with Crippen LogP contribution in [0.3, 0.4) is 0 Å². The topological polar surface area (TPSA) is 101 Å². The van der Waals surface area contributed by atoms with Gasteiger partial charge in [-0.15, -0.1) is 11.3 Å². The molecule has 0 atom stereocenters. The molecule has 132 valence electrons. The molecule has 0 fully saturated rings. The number of aromatic nitrogens is 2. The van der Waals surface area contributed by atoms with E-state index in [4.69, 9.17) is 0 Å².